The molecule has 0 aromatic heterocycles. The Kier molecular flexibility index (Phi) is 2.67. The van der Waals surface area contributed by atoms with E-state index in [1.165, 1.54) is 12.8 Å². The standard InChI is InChI=1S/C13H23NO2/c1-12(2)10(8-14(5)9-6-7-9)11(15)13(3,4)16-12/h9-10H,6-8H2,1-5H3. The van der Waals surface area contributed by atoms with Gasteiger partial charge in [0.25, 0.3) is 0 Å². The van der Waals surface area contributed by atoms with Crippen LogP contribution in [0.5, 0.6) is 0 Å². The molecule has 1 unspecified atom stereocenters. The molecule has 2 rings (SSSR count). The Morgan fingerprint density at radius 1 is 1.31 bits per heavy atom. The molecule has 0 amide bonds. The van der Waals surface area contributed by atoms with Crippen molar-refractivity contribution in [3.8, 4) is 0 Å². The summed E-state index contributed by atoms with van der Waals surface area (Å²) in [6, 6.07) is 0.701. The quantitative estimate of drug-likeness (QED) is 0.734. The number of hydrogen-bond donors (Lipinski definition) is 0. The van der Waals surface area contributed by atoms with Crippen LogP contribution >= 0.6 is 0 Å². The normalized spacial score (nSPS) is 32.4. The molecule has 1 saturated heterocycles. The third-order valence-electron chi connectivity index (χ3n) is 3.91. The Morgan fingerprint density at radius 3 is 2.25 bits per heavy atom. The van der Waals surface area contributed by atoms with Crippen LogP contribution in [0.3, 0.4) is 0 Å². The number of ketones is 1. The van der Waals surface area contributed by atoms with E-state index in [2.05, 4.69) is 11.9 Å². The molecule has 2 aliphatic rings. The van der Waals surface area contributed by atoms with Crippen molar-refractivity contribution in [2.45, 2.75) is 57.8 Å². The highest BCUT2D eigenvalue weighted by Gasteiger charge is 2.53. The van der Waals surface area contributed by atoms with Gasteiger partial charge in [0.15, 0.2) is 5.78 Å². The summed E-state index contributed by atoms with van der Waals surface area (Å²) in [5.74, 6) is 0.262. The van der Waals surface area contributed by atoms with Gasteiger partial charge in [-0.05, 0) is 47.6 Å². The van der Waals surface area contributed by atoms with E-state index in [0.717, 1.165) is 6.54 Å². The van der Waals surface area contributed by atoms with Crippen LogP contribution in [-0.4, -0.2) is 41.5 Å². The van der Waals surface area contributed by atoms with Gasteiger partial charge in [0.05, 0.1) is 11.5 Å². The summed E-state index contributed by atoms with van der Waals surface area (Å²) in [4.78, 5) is 14.6. The average molecular weight is 225 g/mol. The van der Waals surface area contributed by atoms with Gasteiger partial charge in [0.2, 0.25) is 0 Å². The molecule has 16 heavy (non-hydrogen) atoms. The zero-order chi connectivity index (χ0) is 12.1. The van der Waals surface area contributed by atoms with Gasteiger partial charge in [-0.15, -0.1) is 0 Å². The van der Waals surface area contributed by atoms with Crippen molar-refractivity contribution >= 4 is 5.78 Å². The second kappa shape index (κ2) is 3.54. The summed E-state index contributed by atoms with van der Waals surface area (Å²) in [6.07, 6.45) is 2.56. The van der Waals surface area contributed by atoms with Crippen LogP contribution in [0.4, 0.5) is 0 Å². The summed E-state index contributed by atoms with van der Waals surface area (Å²) < 4.78 is 5.89. The molecule has 0 bridgehead atoms. The summed E-state index contributed by atoms with van der Waals surface area (Å²) >= 11 is 0. The molecule has 1 saturated carbocycles. The summed E-state index contributed by atoms with van der Waals surface area (Å²) in [5.41, 5.74) is -0.942. The van der Waals surface area contributed by atoms with Crippen LogP contribution in [0.15, 0.2) is 0 Å². The smallest absolute Gasteiger partial charge is 0.171 e. The number of carbonyl (C=O) groups excluding carboxylic acids is 1. The highest BCUT2D eigenvalue weighted by Crippen LogP contribution is 2.40. The highest BCUT2D eigenvalue weighted by molar-refractivity contribution is 5.91. The minimum Gasteiger partial charge on any atom is -0.361 e. The van der Waals surface area contributed by atoms with Crippen LogP contribution in [0.2, 0.25) is 0 Å². The largest absolute Gasteiger partial charge is 0.361 e. The van der Waals surface area contributed by atoms with Crippen LogP contribution in [0.25, 0.3) is 0 Å². The molecular formula is C13H23NO2. The van der Waals surface area contributed by atoms with E-state index in [1.54, 1.807) is 0 Å². The van der Waals surface area contributed by atoms with Gasteiger partial charge < -0.3 is 9.64 Å². The minimum absolute atomic E-state index is 0.00750. The number of rotatable bonds is 3. The van der Waals surface area contributed by atoms with Gasteiger partial charge in [-0.2, -0.15) is 0 Å². The van der Waals surface area contributed by atoms with E-state index in [9.17, 15) is 4.79 Å². The molecule has 1 heterocycles. The van der Waals surface area contributed by atoms with Gasteiger partial charge in [0, 0.05) is 12.6 Å². The third kappa shape index (κ3) is 2.03. The van der Waals surface area contributed by atoms with Crippen LogP contribution < -0.4 is 0 Å². The first-order chi connectivity index (χ1) is 7.24. The molecule has 92 valence electrons. The van der Waals surface area contributed by atoms with Crippen molar-refractivity contribution in [3.05, 3.63) is 0 Å². The monoisotopic (exact) mass is 225 g/mol. The molecular weight excluding hydrogens is 202 g/mol. The van der Waals surface area contributed by atoms with Gasteiger partial charge >= 0.3 is 0 Å². The maximum absolute atomic E-state index is 12.3. The van der Waals surface area contributed by atoms with Crippen LogP contribution in [0, 0.1) is 5.92 Å². The van der Waals surface area contributed by atoms with Crippen molar-refractivity contribution in [3.63, 3.8) is 0 Å². The summed E-state index contributed by atoms with van der Waals surface area (Å²) in [5, 5.41) is 0. The number of carbonyl (C=O) groups is 1. The molecule has 0 spiro atoms. The lowest BCUT2D eigenvalue weighted by molar-refractivity contribution is -0.132. The number of ether oxygens (including phenoxy) is 1. The van der Waals surface area contributed by atoms with Gasteiger partial charge in [-0.1, -0.05) is 0 Å². The van der Waals surface area contributed by atoms with E-state index < -0.39 is 5.60 Å². The zero-order valence-electron chi connectivity index (χ0n) is 11.0. The van der Waals surface area contributed by atoms with E-state index in [4.69, 9.17) is 4.74 Å². The fraction of sp³-hybridized carbons (Fsp3) is 0.923. The second-order valence-electron chi connectivity index (χ2n) is 6.30. The van der Waals surface area contributed by atoms with Crippen LogP contribution in [-0.2, 0) is 9.53 Å². The van der Waals surface area contributed by atoms with E-state index in [-0.39, 0.29) is 17.3 Å². The number of Topliss-reactive ketones (excluding diaryl/α,β-unsaturated/α-hetero) is 1. The predicted octanol–water partition coefficient (Wildman–Crippen LogP) is 1.85. The van der Waals surface area contributed by atoms with E-state index in [1.807, 2.05) is 27.7 Å². The second-order valence-corrected chi connectivity index (χ2v) is 6.30. The highest BCUT2D eigenvalue weighted by atomic mass is 16.5. The predicted molar refractivity (Wildman–Crippen MR) is 63.4 cm³/mol. The van der Waals surface area contributed by atoms with Crippen molar-refractivity contribution in [2.75, 3.05) is 13.6 Å². The Balaban J connectivity index is 2.09. The van der Waals surface area contributed by atoms with E-state index in [0.29, 0.717) is 6.04 Å². The first-order valence-corrected chi connectivity index (χ1v) is 6.19. The Labute approximate surface area is 98.1 Å². The number of hydrogen-bond acceptors (Lipinski definition) is 3. The van der Waals surface area contributed by atoms with Crippen LogP contribution in [0.1, 0.15) is 40.5 Å². The summed E-state index contributed by atoms with van der Waals surface area (Å²) in [7, 11) is 2.12. The van der Waals surface area contributed by atoms with Crippen molar-refractivity contribution in [2.24, 2.45) is 5.92 Å². The lowest BCUT2D eigenvalue weighted by Crippen LogP contribution is -2.40. The molecule has 1 aliphatic carbocycles. The molecule has 2 fully saturated rings. The molecule has 0 N–H and O–H groups in total. The lowest BCUT2D eigenvalue weighted by atomic mass is 9.85. The topological polar surface area (TPSA) is 29.5 Å². The molecule has 3 nitrogen and oxygen atoms in total. The van der Waals surface area contributed by atoms with Gasteiger partial charge in [0.1, 0.15) is 5.60 Å². The van der Waals surface area contributed by atoms with Crippen molar-refractivity contribution < 1.29 is 9.53 Å². The van der Waals surface area contributed by atoms with E-state index >= 15 is 0 Å². The minimum atomic E-state index is -0.613. The first kappa shape index (κ1) is 12.1. The van der Waals surface area contributed by atoms with Crippen molar-refractivity contribution in [1.29, 1.82) is 0 Å². The zero-order valence-corrected chi connectivity index (χ0v) is 11.0. The fourth-order valence-corrected chi connectivity index (χ4v) is 2.77. The molecule has 0 aromatic carbocycles. The maximum Gasteiger partial charge on any atom is 0.171 e. The summed E-state index contributed by atoms with van der Waals surface area (Å²) in [6.45, 7) is 8.67. The lowest BCUT2D eigenvalue weighted by Gasteiger charge is -2.28. The molecule has 0 radical (unpaired) electrons. The average Bonchev–Trinajstić information content (AvgIpc) is 2.90. The Morgan fingerprint density at radius 2 is 1.88 bits per heavy atom. The molecule has 0 aromatic rings. The van der Waals surface area contributed by atoms with Crippen molar-refractivity contribution in [1.82, 2.24) is 4.90 Å². The maximum atomic E-state index is 12.3. The van der Waals surface area contributed by atoms with Gasteiger partial charge in [-0.3, -0.25) is 4.79 Å². The third-order valence-corrected chi connectivity index (χ3v) is 3.91. The van der Waals surface area contributed by atoms with Gasteiger partial charge in [-0.25, -0.2) is 0 Å². The molecule has 1 atom stereocenters. The Bertz CT molecular complexity index is 305. The molecule has 3 heteroatoms. The SMILES string of the molecule is CN(CC1C(=O)C(C)(C)OC1(C)C)C1CC1. The first-order valence-electron chi connectivity index (χ1n) is 6.19. The Hall–Kier alpha value is -0.410. The fourth-order valence-electron chi connectivity index (χ4n) is 2.77. The molecule has 1 aliphatic heterocycles. The number of nitrogens with zero attached hydrogens (tertiary/aromatic N) is 1.